The quantitative estimate of drug-likeness (QED) is 0.562. The first-order valence-corrected chi connectivity index (χ1v) is 7.99. The Morgan fingerprint density at radius 3 is 2.12 bits per heavy atom. The van der Waals surface area contributed by atoms with Gasteiger partial charge in [0.25, 0.3) is 0 Å². The molecular formula is C14H11S3+. The molecule has 2 aromatic heterocycles. The van der Waals surface area contributed by atoms with E-state index in [1.165, 1.54) is 25.8 Å². The fourth-order valence-corrected chi connectivity index (χ4v) is 4.59. The van der Waals surface area contributed by atoms with Crippen molar-refractivity contribution in [2.45, 2.75) is 6.92 Å². The van der Waals surface area contributed by atoms with Crippen molar-refractivity contribution in [3.63, 3.8) is 0 Å². The van der Waals surface area contributed by atoms with Crippen LogP contribution in [0.3, 0.4) is 0 Å². The SMILES string of the molecule is CC1=CC=[S+]C1=C(c1cccs1)c1cccs1. The Morgan fingerprint density at radius 1 is 1.06 bits per heavy atom. The second kappa shape index (κ2) is 4.69. The topological polar surface area (TPSA) is 0 Å². The zero-order valence-corrected chi connectivity index (χ0v) is 11.8. The van der Waals surface area contributed by atoms with Gasteiger partial charge in [0.05, 0.1) is 5.57 Å². The van der Waals surface area contributed by atoms with Crippen LogP contribution in [0.2, 0.25) is 0 Å². The Kier molecular flexibility index (Phi) is 3.05. The minimum atomic E-state index is 1.36. The average Bonchev–Trinajstić information content (AvgIpc) is 3.04. The third-order valence-electron chi connectivity index (χ3n) is 2.62. The van der Waals surface area contributed by atoms with Crippen LogP contribution in [0.1, 0.15) is 16.7 Å². The van der Waals surface area contributed by atoms with Gasteiger partial charge < -0.3 is 0 Å². The van der Waals surface area contributed by atoms with Gasteiger partial charge in [-0.3, -0.25) is 0 Å². The highest BCUT2D eigenvalue weighted by atomic mass is 32.1. The lowest BCUT2D eigenvalue weighted by Gasteiger charge is -2.01. The van der Waals surface area contributed by atoms with Gasteiger partial charge in [-0.25, -0.2) is 0 Å². The molecule has 17 heavy (non-hydrogen) atoms. The minimum absolute atomic E-state index is 1.36. The van der Waals surface area contributed by atoms with E-state index in [1.54, 1.807) is 0 Å². The molecule has 3 rings (SSSR count). The number of hydrogen-bond acceptors (Lipinski definition) is 2. The molecule has 0 saturated carbocycles. The minimum Gasteiger partial charge on any atom is -0.144 e. The third kappa shape index (κ3) is 2.06. The van der Waals surface area contributed by atoms with Crippen molar-refractivity contribution in [2.24, 2.45) is 0 Å². The standard InChI is InChI=1S/C14H11S3/c1-10-6-9-17-14(10)13(11-4-2-7-15-11)12-5-3-8-16-12/h2-9H,1H3/q+1. The zero-order valence-electron chi connectivity index (χ0n) is 9.34. The Labute approximate surface area is 113 Å². The highest BCUT2D eigenvalue weighted by Gasteiger charge is 2.25. The van der Waals surface area contributed by atoms with Crippen molar-refractivity contribution < 1.29 is 0 Å². The van der Waals surface area contributed by atoms with E-state index < -0.39 is 0 Å². The van der Waals surface area contributed by atoms with E-state index in [4.69, 9.17) is 0 Å². The van der Waals surface area contributed by atoms with Gasteiger partial charge in [0.2, 0.25) is 16.3 Å². The van der Waals surface area contributed by atoms with Gasteiger partial charge in [0.1, 0.15) is 0 Å². The van der Waals surface area contributed by atoms with Crippen LogP contribution in [-0.4, -0.2) is 5.37 Å². The summed E-state index contributed by atoms with van der Waals surface area (Å²) in [6.07, 6.45) is 2.20. The van der Waals surface area contributed by atoms with Gasteiger partial charge >= 0.3 is 0 Å². The van der Waals surface area contributed by atoms with E-state index in [2.05, 4.69) is 53.4 Å². The van der Waals surface area contributed by atoms with Crippen LogP contribution in [-0.2, 0) is 11.4 Å². The Bertz CT molecular complexity index is 560. The lowest BCUT2D eigenvalue weighted by Crippen LogP contribution is -1.89. The molecule has 0 N–H and O–H groups in total. The summed E-state index contributed by atoms with van der Waals surface area (Å²) in [7, 11) is 0. The summed E-state index contributed by atoms with van der Waals surface area (Å²) in [6, 6.07) is 8.66. The molecule has 0 radical (unpaired) electrons. The van der Waals surface area contributed by atoms with E-state index in [0.717, 1.165) is 0 Å². The molecule has 0 saturated heterocycles. The highest BCUT2D eigenvalue weighted by molar-refractivity contribution is 7.82. The van der Waals surface area contributed by atoms with Crippen LogP contribution in [0.25, 0.3) is 5.57 Å². The number of allylic oxidation sites excluding steroid dienone is 2. The molecule has 1 aliphatic rings. The largest absolute Gasteiger partial charge is 0.243 e. The van der Waals surface area contributed by atoms with Gasteiger partial charge in [0, 0.05) is 21.4 Å². The van der Waals surface area contributed by atoms with Crippen molar-refractivity contribution in [1.29, 1.82) is 0 Å². The van der Waals surface area contributed by atoms with Gasteiger partial charge in [-0.1, -0.05) is 12.1 Å². The predicted molar refractivity (Wildman–Crippen MR) is 81.8 cm³/mol. The van der Waals surface area contributed by atoms with Crippen LogP contribution in [0.5, 0.6) is 0 Å². The molecule has 0 aliphatic carbocycles. The summed E-state index contributed by atoms with van der Waals surface area (Å²) in [5, 5.41) is 6.46. The highest BCUT2D eigenvalue weighted by Crippen LogP contribution is 2.36. The monoisotopic (exact) mass is 275 g/mol. The van der Waals surface area contributed by atoms with Crippen LogP contribution < -0.4 is 0 Å². The molecule has 0 aromatic carbocycles. The maximum absolute atomic E-state index is 2.21. The molecule has 0 fully saturated rings. The van der Waals surface area contributed by atoms with Crippen LogP contribution in [0.15, 0.2) is 51.6 Å². The molecule has 3 heteroatoms. The normalized spacial score (nSPS) is 14.2. The van der Waals surface area contributed by atoms with Crippen molar-refractivity contribution >= 4 is 45.0 Å². The maximum atomic E-state index is 2.21. The van der Waals surface area contributed by atoms with E-state index >= 15 is 0 Å². The van der Waals surface area contributed by atoms with E-state index in [9.17, 15) is 0 Å². The molecule has 0 amide bonds. The van der Waals surface area contributed by atoms with Crippen molar-refractivity contribution in [2.75, 3.05) is 0 Å². The first-order valence-electron chi connectivity index (χ1n) is 5.35. The summed E-state index contributed by atoms with van der Waals surface area (Å²) in [5.41, 5.74) is 2.76. The molecule has 0 spiro atoms. The Balaban J connectivity index is 2.23. The summed E-state index contributed by atoms with van der Waals surface area (Å²) in [4.78, 5) is 4.12. The van der Waals surface area contributed by atoms with Crippen LogP contribution in [0, 0.1) is 0 Å². The Hall–Kier alpha value is -1.03. The number of thiophene rings is 2. The van der Waals surface area contributed by atoms with Crippen molar-refractivity contribution in [3.05, 3.63) is 61.3 Å². The lowest BCUT2D eigenvalue weighted by atomic mass is 10.1. The molecule has 2 aromatic rings. The molecule has 0 atom stereocenters. The first kappa shape index (κ1) is 11.1. The first-order chi connectivity index (χ1) is 8.36. The maximum Gasteiger partial charge on any atom is 0.243 e. The summed E-state index contributed by atoms with van der Waals surface area (Å²) >= 11 is 5.46. The molecule has 0 bridgehead atoms. The van der Waals surface area contributed by atoms with Crippen molar-refractivity contribution in [3.8, 4) is 0 Å². The fraction of sp³-hybridized carbons (Fsp3) is 0.0714. The van der Waals surface area contributed by atoms with E-state index in [1.807, 2.05) is 34.0 Å². The second-order valence-corrected chi connectivity index (χ2v) is 6.57. The van der Waals surface area contributed by atoms with Gasteiger partial charge in [-0.05, 0) is 29.8 Å². The van der Waals surface area contributed by atoms with E-state index in [-0.39, 0.29) is 0 Å². The summed E-state index contributed by atoms with van der Waals surface area (Å²) in [6.45, 7) is 2.19. The van der Waals surface area contributed by atoms with Crippen LogP contribution in [0.4, 0.5) is 0 Å². The molecule has 0 unspecified atom stereocenters. The van der Waals surface area contributed by atoms with Gasteiger partial charge in [-0.2, -0.15) is 0 Å². The summed E-state index contributed by atoms with van der Waals surface area (Å²) in [5.74, 6) is 0. The second-order valence-electron chi connectivity index (χ2n) is 3.76. The zero-order chi connectivity index (χ0) is 11.7. The third-order valence-corrected chi connectivity index (χ3v) is 5.43. The molecule has 84 valence electrons. The lowest BCUT2D eigenvalue weighted by molar-refractivity contribution is 1.52. The van der Waals surface area contributed by atoms with E-state index in [0.29, 0.717) is 0 Å². The average molecular weight is 275 g/mol. The van der Waals surface area contributed by atoms with Gasteiger partial charge in [-0.15, -0.1) is 22.7 Å². The smallest absolute Gasteiger partial charge is 0.144 e. The number of rotatable bonds is 2. The Morgan fingerprint density at radius 2 is 1.71 bits per heavy atom. The molecular weight excluding hydrogens is 264 g/mol. The summed E-state index contributed by atoms with van der Waals surface area (Å²) < 4.78 is 0. The van der Waals surface area contributed by atoms with Crippen LogP contribution >= 0.6 is 22.7 Å². The number of hydrogen-bond donors (Lipinski definition) is 0. The van der Waals surface area contributed by atoms with Gasteiger partial charge in [0.15, 0.2) is 5.37 Å². The molecule has 3 heterocycles. The fourth-order valence-electron chi connectivity index (χ4n) is 1.82. The molecule has 1 aliphatic heterocycles. The van der Waals surface area contributed by atoms with Crippen molar-refractivity contribution in [1.82, 2.24) is 0 Å². The predicted octanol–water partition coefficient (Wildman–Crippen LogP) is 4.41. The molecule has 0 nitrogen and oxygen atoms in total.